The Bertz CT molecular complexity index is 173. The van der Waals surface area contributed by atoms with E-state index in [1.165, 1.54) is 40.3 Å². The summed E-state index contributed by atoms with van der Waals surface area (Å²) < 4.78 is 0. The van der Waals surface area contributed by atoms with Crippen molar-refractivity contribution in [3.05, 3.63) is 0 Å². The van der Waals surface area contributed by atoms with E-state index < -0.39 is 0 Å². The lowest BCUT2D eigenvalue weighted by molar-refractivity contribution is 1.13. The van der Waals surface area contributed by atoms with Crippen molar-refractivity contribution in [2.75, 3.05) is 40.3 Å². The molecule has 5 heteroatoms. The summed E-state index contributed by atoms with van der Waals surface area (Å²) in [6.07, 6.45) is 0. The lowest BCUT2D eigenvalue weighted by atomic mass is 10.5. The van der Waals surface area contributed by atoms with Crippen LogP contribution in [0.5, 0.6) is 0 Å². The van der Waals surface area contributed by atoms with Gasteiger partial charge in [0.1, 0.15) is 0 Å². The first-order valence-electron chi connectivity index (χ1n) is 5.88. The molecule has 0 N–H and O–H groups in total. The molecular weight excluding hydrogens is 292 g/mol. The summed E-state index contributed by atoms with van der Waals surface area (Å²) in [5, 5.41) is 2.91. The molecule has 2 unspecified atom stereocenters. The van der Waals surface area contributed by atoms with Crippen LogP contribution in [0.2, 0.25) is 0 Å². The number of hydrogen-bond donors (Lipinski definition) is 0. The summed E-state index contributed by atoms with van der Waals surface area (Å²) in [4.78, 5) is 0. The van der Waals surface area contributed by atoms with Crippen LogP contribution in [0.3, 0.4) is 0 Å². The van der Waals surface area contributed by atoms with E-state index in [4.69, 9.17) is 0 Å². The van der Waals surface area contributed by atoms with Gasteiger partial charge in [-0.3, -0.25) is 0 Å². The van der Waals surface area contributed by atoms with Crippen LogP contribution in [0, 0.1) is 0 Å². The Kier molecular flexibility index (Phi) is 7.11. The summed E-state index contributed by atoms with van der Waals surface area (Å²) in [6.45, 7) is 2.29. The van der Waals surface area contributed by atoms with E-state index in [9.17, 15) is 0 Å². The summed E-state index contributed by atoms with van der Waals surface area (Å²) in [6, 6.07) is 0. The molecule has 2 aliphatic heterocycles. The number of hydrogen-bond acceptors (Lipinski definition) is 5. The van der Waals surface area contributed by atoms with E-state index in [1.54, 1.807) is 0 Å². The van der Waals surface area contributed by atoms with Crippen molar-refractivity contribution in [3.8, 4) is 0 Å². The Labute approximate surface area is 121 Å². The van der Waals surface area contributed by atoms with Gasteiger partial charge in [-0.15, -0.1) is 0 Å². The zero-order chi connectivity index (χ0) is 11.2. The lowest BCUT2D eigenvalue weighted by Gasteiger charge is -2.14. The first kappa shape index (κ1) is 14.2. The normalized spacial score (nSPS) is 29.1. The molecule has 2 heterocycles. The standard InChI is InChI=1S/C11H20S5/c1-2-14-9(3-12-5-10-7-15-10)4-13-6-11-8-16-11/h9-11H,2-8H2,1H3. The Morgan fingerprint density at radius 2 is 1.56 bits per heavy atom. The molecular formula is C11H20S5. The maximum absolute atomic E-state index is 2.29. The van der Waals surface area contributed by atoms with Crippen molar-refractivity contribution in [3.63, 3.8) is 0 Å². The molecule has 0 nitrogen and oxygen atoms in total. The fourth-order valence-corrected chi connectivity index (χ4v) is 7.29. The topological polar surface area (TPSA) is 0 Å². The van der Waals surface area contributed by atoms with Gasteiger partial charge in [0.05, 0.1) is 0 Å². The van der Waals surface area contributed by atoms with E-state index in [0.29, 0.717) is 0 Å². The van der Waals surface area contributed by atoms with Crippen molar-refractivity contribution in [2.45, 2.75) is 22.7 Å². The Balaban J connectivity index is 1.50. The van der Waals surface area contributed by atoms with Gasteiger partial charge in [0.25, 0.3) is 0 Å². The maximum Gasteiger partial charge on any atom is 0.0229 e. The molecule has 16 heavy (non-hydrogen) atoms. The second kappa shape index (κ2) is 8.03. The van der Waals surface area contributed by atoms with Crippen LogP contribution in [0.15, 0.2) is 0 Å². The third kappa shape index (κ3) is 6.62. The Morgan fingerprint density at radius 3 is 1.94 bits per heavy atom. The van der Waals surface area contributed by atoms with E-state index in [2.05, 4.69) is 65.7 Å². The van der Waals surface area contributed by atoms with Crippen molar-refractivity contribution in [1.82, 2.24) is 0 Å². The van der Waals surface area contributed by atoms with Crippen LogP contribution in [0.4, 0.5) is 0 Å². The van der Waals surface area contributed by atoms with Crippen LogP contribution in [-0.2, 0) is 0 Å². The van der Waals surface area contributed by atoms with E-state index in [0.717, 1.165) is 15.7 Å². The fraction of sp³-hybridized carbons (Fsp3) is 1.00. The molecule has 0 aliphatic carbocycles. The van der Waals surface area contributed by atoms with Crippen LogP contribution >= 0.6 is 58.8 Å². The van der Waals surface area contributed by atoms with Gasteiger partial charge in [0.2, 0.25) is 0 Å². The van der Waals surface area contributed by atoms with E-state index in [-0.39, 0.29) is 0 Å². The molecule has 2 atom stereocenters. The van der Waals surface area contributed by atoms with Crippen molar-refractivity contribution in [2.24, 2.45) is 0 Å². The first-order chi connectivity index (χ1) is 7.88. The molecule has 0 amide bonds. The average Bonchev–Trinajstić information content (AvgIpc) is 3.13. The predicted octanol–water partition coefficient (Wildman–Crippen LogP) is 3.81. The van der Waals surface area contributed by atoms with Gasteiger partial charge in [0, 0.05) is 50.3 Å². The second-order valence-electron chi connectivity index (χ2n) is 4.06. The van der Waals surface area contributed by atoms with Crippen LogP contribution in [-0.4, -0.2) is 56.0 Å². The predicted molar refractivity (Wildman–Crippen MR) is 89.1 cm³/mol. The molecule has 0 spiro atoms. The quantitative estimate of drug-likeness (QED) is 0.561. The maximum atomic E-state index is 2.29. The van der Waals surface area contributed by atoms with Gasteiger partial charge in [-0.25, -0.2) is 0 Å². The zero-order valence-corrected chi connectivity index (χ0v) is 13.8. The smallest absolute Gasteiger partial charge is 0.0229 e. The lowest BCUT2D eigenvalue weighted by Crippen LogP contribution is -2.12. The van der Waals surface area contributed by atoms with Gasteiger partial charge < -0.3 is 0 Å². The van der Waals surface area contributed by atoms with Gasteiger partial charge in [-0.05, 0) is 5.75 Å². The number of rotatable bonds is 10. The van der Waals surface area contributed by atoms with Gasteiger partial charge in [-0.1, -0.05) is 6.92 Å². The van der Waals surface area contributed by atoms with Crippen LogP contribution < -0.4 is 0 Å². The molecule has 2 saturated heterocycles. The molecule has 2 fully saturated rings. The minimum Gasteiger partial charge on any atom is -0.160 e. The van der Waals surface area contributed by atoms with Crippen molar-refractivity contribution < 1.29 is 0 Å². The van der Waals surface area contributed by atoms with Crippen molar-refractivity contribution in [1.29, 1.82) is 0 Å². The zero-order valence-electron chi connectivity index (χ0n) is 9.72. The average molecular weight is 313 g/mol. The largest absolute Gasteiger partial charge is 0.160 e. The first-order valence-corrected chi connectivity index (χ1v) is 11.3. The highest BCUT2D eigenvalue weighted by Gasteiger charge is 2.24. The van der Waals surface area contributed by atoms with Crippen molar-refractivity contribution >= 4 is 58.8 Å². The van der Waals surface area contributed by atoms with Crippen LogP contribution in [0.1, 0.15) is 6.92 Å². The monoisotopic (exact) mass is 312 g/mol. The highest BCUT2D eigenvalue weighted by Crippen LogP contribution is 2.35. The number of thioether (sulfide) groups is 5. The molecule has 0 aromatic carbocycles. The summed E-state index contributed by atoms with van der Waals surface area (Å²) in [5.41, 5.74) is 0. The second-order valence-corrected chi connectivity index (χ2v) is 10.5. The molecule has 0 radical (unpaired) electrons. The minimum absolute atomic E-state index is 0.896. The molecule has 0 aromatic heterocycles. The fourth-order valence-electron chi connectivity index (χ4n) is 1.37. The molecule has 0 bridgehead atoms. The van der Waals surface area contributed by atoms with E-state index in [1.807, 2.05) is 0 Å². The highest BCUT2D eigenvalue weighted by atomic mass is 32.2. The van der Waals surface area contributed by atoms with Gasteiger partial charge >= 0.3 is 0 Å². The van der Waals surface area contributed by atoms with Crippen LogP contribution in [0.25, 0.3) is 0 Å². The molecule has 0 saturated carbocycles. The molecule has 2 aliphatic rings. The highest BCUT2D eigenvalue weighted by molar-refractivity contribution is 8.10. The molecule has 0 aromatic rings. The Morgan fingerprint density at radius 1 is 1.06 bits per heavy atom. The summed E-state index contributed by atoms with van der Waals surface area (Å²) >= 11 is 10.8. The molecule has 2 rings (SSSR count). The third-order valence-corrected chi connectivity index (χ3v) is 8.90. The van der Waals surface area contributed by atoms with Gasteiger partial charge in [0.15, 0.2) is 0 Å². The minimum atomic E-state index is 0.896. The molecule has 94 valence electrons. The van der Waals surface area contributed by atoms with E-state index >= 15 is 0 Å². The summed E-state index contributed by atoms with van der Waals surface area (Å²) in [7, 11) is 0. The Hall–Kier alpha value is 1.75. The van der Waals surface area contributed by atoms with Gasteiger partial charge in [-0.2, -0.15) is 58.8 Å². The summed E-state index contributed by atoms with van der Waals surface area (Å²) in [5.74, 6) is 9.67. The SMILES string of the molecule is CCSC(CSCC1CS1)CSCC1CS1. The third-order valence-electron chi connectivity index (χ3n) is 2.42.